The highest BCUT2D eigenvalue weighted by Gasteiger charge is 2.14. The van der Waals surface area contributed by atoms with E-state index < -0.39 is 8.38 Å². The SMILES string of the molecule is CCOP(O)CNc1cc(-c2cn[nH]c2)c2ccc(Cl)c(Cl)c2n1. The number of halogens is 2. The minimum absolute atomic E-state index is 0.269. The monoisotopic (exact) mass is 384 g/mol. The lowest BCUT2D eigenvalue weighted by Gasteiger charge is -2.14. The van der Waals surface area contributed by atoms with Crippen molar-refractivity contribution in [3.8, 4) is 11.1 Å². The highest BCUT2D eigenvalue weighted by molar-refractivity contribution is 7.46. The van der Waals surface area contributed by atoms with E-state index in [1.165, 1.54) is 0 Å². The number of nitrogens with zero attached hydrogens (tertiary/aromatic N) is 2. The van der Waals surface area contributed by atoms with Crippen LogP contribution in [-0.4, -0.2) is 33.0 Å². The lowest BCUT2D eigenvalue weighted by Crippen LogP contribution is -2.04. The Morgan fingerprint density at radius 1 is 1.38 bits per heavy atom. The standard InChI is InChI=1S/C15H15Cl2N4O2P/c1-2-23-24(22)8-18-13-5-11(9-6-19-20-7-9)10-3-4-12(16)14(17)15(10)21-13/h3-7,22H,2,8H2,1H3,(H,18,21)(H,19,20). The summed E-state index contributed by atoms with van der Waals surface area (Å²) in [6.45, 7) is 2.29. The summed E-state index contributed by atoms with van der Waals surface area (Å²) in [6, 6.07) is 5.50. The maximum Gasteiger partial charge on any atom is 0.188 e. The largest absolute Gasteiger partial charge is 0.361 e. The van der Waals surface area contributed by atoms with E-state index in [4.69, 9.17) is 27.7 Å². The summed E-state index contributed by atoms with van der Waals surface area (Å²) >= 11 is 12.4. The summed E-state index contributed by atoms with van der Waals surface area (Å²) in [5, 5.41) is 11.6. The quantitative estimate of drug-likeness (QED) is 0.539. The molecule has 1 unspecified atom stereocenters. The van der Waals surface area contributed by atoms with E-state index in [0.29, 0.717) is 28.0 Å². The fraction of sp³-hybridized carbons (Fsp3) is 0.200. The fourth-order valence-corrected chi connectivity index (χ4v) is 3.35. The van der Waals surface area contributed by atoms with Crippen molar-refractivity contribution in [1.29, 1.82) is 0 Å². The minimum atomic E-state index is -1.54. The molecule has 0 bridgehead atoms. The smallest absolute Gasteiger partial charge is 0.188 e. The molecule has 0 saturated heterocycles. The molecule has 24 heavy (non-hydrogen) atoms. The van der Waals surface area contributed by atoms with Gasteiger partial charge in [-0.05, 0) is 24.6 Å². The Bertz CT molecular complexity index is 845. The van der Waals surface area contributed by atoms with Crippen LogP contribution in [0.2, 0.25) is 10.0 Å². The highest BCUT2D eigenvalue weighted by atomic mass is 35.5. The van der Waals surface area contributed by atoms with Crippen molar-refractivity contribution in [3.63, 3.8) is 0 Å². The second-order valence-electron chi connectivity index (χ2n) is 4.90. The zero-order chi connectivity index (χ0) is 17.1. The third-order valence-corrected chi connectivity index (χ3v) is 5.13. The van der Waals surface area contributed by atoms with Gasteiger partial charge in [0.25, 0.3) is 0 Å². The van der Waals surface area contributed by atoms with Crippen molar-refractivity contribution in [2.45, 2.75) is 6.92 Å². The van der Waals surface area contributed by atoms with Crippen molar-refractivity contribution in [3.05, 3.63) is 40.6 Å². The van der Waals surface area contributed by atoms with Crippen molar-refractivity contribution >= 4 is 48.3 Å². The molecule has 0 amide bonds. The topological polar surface area (TPSA) is 83.1 Å². The van der Waals surface area contributed by atoms with Crippen LogP contribution in [0.15, 0.2) is 30.6 Å². The number of hydrogen-bond acceptors (Lipinski definition) is 5. The summed E-state index contributed by atoms with van der Waals surface area (Å²) in [4.78, 5) is 14.3. The summed E-state index contributed by atoms with van der Waals surface area (Å²) in [7, 11) is -1.54. The number of H-pyrrole nitrogens is 1. The fourth-order valence-electron chi connectivity index (χ4n) is 2.30. The lowest BCUT2D eigenvalue weighted by atomic mass is 10.0. The van der Waals surface area contributed by atoms with E-state index in [9.17, 15) is 4.89 Å². The Morgan fingerprint density at radius 2 is 2.21 bits per heavy atom. The Morgan fingerprint density at radius 3 is 2.92 bits per heavy atom. The Labute approximate surface area is 150 Å². The molecule has 0 aliphatic rings. The van der Waals surface area contributed by atoms with Gasteiger partial charge in [0.05, 0.1) is 34.7 Å². The van der Waals surface area contributed by atoms with E-state index in [1.807, 2.05) is 19.1 Å². The third-order valence-electron chi connectivity index (χ3n) is 3.36. The number of aromatic amines is 1. The first-order chi connectivity index (χ1) is 11.6. The lowest BCUT2D eigenvalue weighted by molar-refractivity contribution is 0.331. The van der Waals surface area contributed by atoms with Gasteiger partial charge in [-0.2, -0.15) is 5.10 Å². The van der Waals surface area contributed by atoms with Crippen LogP contribution in [0.1, 0.15) is 6.92 Å². The molecule has 3 rings (SSSR count). The number of rotatable bonds is 6. The number of pyridine rings is 1. The number of fused-ring (bicyclic) bond motifs is 1. The third kappa shape index (κ3) is 3.63. The second kappa shape index (κ2) is 7.64. The summed E-state index contributed by atoms with van der Waals surface area (Å²) < 4.78 is 5.16. The van der Waals surface area contributed by atoms with Gasteiger partial charge < -0.3 is 14.7 Å². The molecular formula is C15H15Cl2N4O2P. The molecule has 1 aromatic carbocycles. The molecule has 3 N–H and O–H groups in total. The maximum atomic E-state index is 9.77. The van der Waals surface area contributed by atoms with Gasteiger partial charge in [-0.1, -0.05) is 29.3 Å². The molecule has 3 aromatic rings. The summed E-state index contributed by atoms with van der Waals surface area (Å²) in [5.41, 5.74) is 2.40. The van der Waals surface area contributed by atoms with Crippen molar-refractivity contribution in [2.75, 3.05) is 18.2 Å². The average molecular weight is 385 g/mol. The number of nitrogens with one attached hydrogen (secondary N) is 2. The van der Waals surface area contributed by atoms with Crippen LogP contribution in [0.25, 0.3) is 22.0 Å². The first-order valence-corrected chi connectivity index (χ1v) is 9.36. The minimum Gasteiger partial charge on any atom is -0.361 e. The van der Waals surface area contributed by atoms with Gasteiger partial charge in [-0.15, -0.1) is 0 Å². The molecule has 2 aromatic heterocycles. The van der Waals surface area contributed by atoms with Gasteiger partial charge in [0, 0.05) is 17.1 Å². The van der Waals surface area contributed by atoms with Crippen LogP contribution in [0.3, 0.4) is 0 Å². The van der Waals surface area contributed by atoms with Gasteiger partial charge in [0.15, 0.2) is 8.38 Å². The molecule has 1 atom stereocenters. The Kier molecular flexibility index (Phi) is 5.54. The van der Waals surface area contributed by atoms with E-state index >= 15 is 0 Å². The van der Waals surface area contributed by atoms with E-state index in [0.717, 1.165) is 16.5 Å². The van der Waals surface area contributed by atoms with Gasteiger partial charge in [0.1, 0.15) is 5.82 Å². The van der Waals surface area contributed by atoms with Crippen molar-refractivity contribution in [2.24, 2.45) is 0 Å². The summed E-state index contributed by atoms with van der Waals surface area (Å²) in [6.07, 6.45) is 3.78. The molecule has 2 heterocycles. The molecule has 0 radical (unpaired) electrons. The highest BCUT2D eigenvalue weighted by Crippen LogP contribution is 2.37. The molecule has 0 aliphatic heterocycles. The molecule has 126 valence electrons. The zero-order valence-electron chi connectivity index (χ0n) is 12.8. The van der Waals surface area contributed by atoms with Gasteiger partial charge in [0.2, 0.25) is 0 Å². The Hall–Kier alpha value is -1.43. The van der Waals surface area contributed by atoms with Crippen LogP contribution in [0.5, 0.6) is 0 Å². The molecule has 0 aliphatic carbocycles. The molecule has 0 spiro atoms. The zero-order valence-corrected chi connectivity index (χ0v) is 15.2. The van der Waals surface area contributed by atoms with E-state index in [2.05, 4.69) is 20.5 Å². The second-order valence-corrected chi connectivity index (χ2v) is 6.97. The maximum absolute atomic E-state index is 9.77. The van der Waals surface area contributed by atoms with Gasteiger partial charge in [-0.3, -0.25) is 5.10 Å². The van der Waals surface area contributed by atoms with Crippen LogP contribution in [0.4, 0.5) is 5.82 Å². The van der Waals surface area contributed by atoms with Crippen LogP contribution in [0, 0.1) is 0 Å². The van der Waals surface area contributed by atoms with Gasteiger partial charge in [-0.25, -0.2) is 4.98 Å². The number of hydrogen-bond donors (Lipinski definition) is 3. The first-order valence-electron chi connectivity index (χ1n) is 7.21. The molecular weight excluding hydrogens is 370 g/mol. The number of benzene rings is 1. The van der Waals surface area contributed by atoms with Crippen molar-refractivity contribution in [1.82, 2.24) is 15.2 Å². The van der Waals surface area contributed by atoms with Crippen LogP contribution >= 0.6 is 31.6 Å². The molecule has 0 fully saturated rings. The van der Waals surface area contributed by atoms with Crippen LogP contribution < -0.4 is 5.32 Å². The predicted octanol–water partition coefficient (Wildman–Crippen LogP) is 4.64. The van der Waals surface area contributed by atoms with E-state index in [1.54, 1.807) is 18.5 Å². The summed E-state index contributed by atoms with van der Waals surface area (Å²) in [5.74, 6) is 0.573. The predicted molar refractivity (Wildman–Crippen MR) is 98.6 cm³/mol. The van der Waals surface area contributed by atoms with E-state index in [-0.39, 0.29) is 6.29 Å². The number of aromatic nitrogens is 3. The first kappa shape index (κ1) is 17.4. The molecule has 0 saturated carbocycles. The number of anilines is 1. The molecule has 6 nitrogen and oxygen atoms in total. The normalized spacial score (nSPS) is 12.5. The average Bonchev–Trinajstić information content (AvgIpc) is 3.10. The molecule has 9 heteroatoms. The van der Waals surface area contributed by atoms with Gasteiger partial charge >= 0.3 is 0 Å². The Balaban J connectivity index is 2.06. The van der Waals surface area contributed by atoms with Crippen LogP contribution in [-0.2, 0) is 4.52 Å². The van der Waals surface area contributed by atoms with Crippen molar-refractivity contribution < 1.29 is 9.42 Å².